The van der Waals surface area contributed by atoms with Gasteiger partial charge in [0.05, 0.1) is 11.4 Å². The van der Waals surface area contributed by atoms with Crippen molar-refractivity contribution in [2.45, 2.75) is 6.42 Å². The van der Waals surface area contributed by atoms with Crippen LogP contribution in [0.2, 0.25) is 0 Å². The van der Waals surface area contributed by atoms with E-state index < -0.39 is 0 Å². The van der Waals surface area contributed by atoms with Gasteiger partial charge in [-0.3, -0.25) is 0 Å². The quantitative estimate of drug-likeness (QED) is 0.158. The first kappa shape index (κ1) is 34.6. The standard InChI is InChI=1S/C57H38N2/c1-4-19-38(20-5-1)41-25-10-11-26-43-42(41)33-18-34-46(43)53-37-54(59-57(58-53)40-23-8-3-9-24-40)47-35-36-52(45-28-13-12-27-44(45)47)56-50-31-16-14-29-48(50)55(39-21-6-2-7-22-39)49-30-15-17-32-51(49)56/h1-9,11-37H,10H2. The Morgan fingerprint density at radius 1 is 0.339 bits per heavy atom. The van der Waals surface area contributed by atoms with E-state index in [1.54, 1.807) is 0 Å². The average molecular weight is 751 g/mol. The molecule has 1 aliphatic rings. The first-order valence-corrected chi connectivity index (χ1v) is 20.3. The van der Waals surface area contributed by atoms with Crippen molar-refractivity contribution < 1.29 is 0 Å². The zero-order chi connectivity index (χ0) is 39.1. The average Bonchev–Trinajstić information content (AvgIpc) is 3.54. The van der Waals surface area contributed by atoms with Crippen LogP contribution in [0.5, 0.6) is 0 Å². The van der Waals surface area contributed by atoms with Crippen molar-refractivity contribution in [2.24, 2.45) is 0 Å². The van der Waals surface area contributed by atoms with E-state index >= 15 is 0 Å². The van der Waals surface area contributed by atoms with Gasteiger partial charge in [0.15, 0.2) is 5.82 Å². The minimum Gasteiger partial charge on any atom is -0.228 e. The molecule has 0 spiro atoms. The van der Waals surface area contributed by atoms with Gasteiger partial charge in [0.2, 0.25) is 0 Å². The van der Waals surface area contributed by atoms with Gasteiger partial charge < -0.3 is 0 Å². The monoisotopic (exact) mass is 750 g/mol. The van der Waals surface area contributed by atoms with Gasteiger partial charge >= 0.3 is 0 Å². The summed E-state index contributed by atoms with van der Waals surface area (Å²) in [5, 5.41) is 7.30. The molecule has 0 radical (unpaired) electrons. The zero-order valence-corrected chi connectivity index (χ0v) is 32.4. The molecule has 0 amide bonds. The number of hydrogen-bond acceptors (Lipinski definition) is 2. The molecule has 0 N–H and O–H groups in total. The summed E-state index contributed by atoms with van der Waals surface area (Å²) in [5.74, 6) is 0.703. The van der Waals surface area contributed by atoms with Gasteiger partial charge in [0, 0.05) is 16.7 Å². The summed E-state index contributed by atoms with van der Waals surface area (Å²) in [7, 11) is 0. The van der Waals surface area contributed by atoms with Gasteiger partial charge in [-0.15, -0.1) is 0 Å². The number of benzene rings is 9. The van der Waals surface area contributed by atoms with Gasteiger partial charge in [0.25, 0.3) is 0 Å². The fraction of sp³-hybridized carbons (Fsp3) is 0.0175. The number of allylic oxidation sites excluding steroid dienone is 2. The Kier molecular flexibility index (Phi) is 8.60. The minimum atomic E-state index is 0.703. The van der Waals surface area contributed by atoms with Crippen LogP contribution < -0.4 is 0 Å². The third kappa shape index (κ3) is 6.05. The van der Waals surface area contributed by atoms with Crippen LogP contribution in [0.25, 0.3) is 100 Å². The highest BCUT2D eigenvalue weighted by Crippen LogP contribution is 2.47. The second-order valence-corrected chi connectivity index (χ2v) is 15.1. The lowest BCUT2D eigenvalue weighted by Crippen LogP contribution is -1.99. The fourth-order valence-electron chi connectivity index (χ4n) is 9.09. The first-order valence-electron chi connectivity index (χ1n) is 20.3. The molecule has 1 aromatic heterocycles. The first-order chi connectivity index (χ1) is 29.3. The summed E-state index contributed by atoms with van der Waals surface area (Å²) in [4.78, 5) is 10.7. The molecule has 59 heavy (non-hydrogen) atoms. The third-order valence-electron chi connectivity index (χ3n) is 11.7. The van der Waals surface area contributed by atoms with Crippen LogP contribution in [0.4, 0.5) is 0 Å². The lowest BCUT2D eigenvalue weighted by Gasteiger charge is -2.20. The maximum Gasteiger partial charge on any atom is 0.160 e. The predicted octanol–water partition coefficient (Wildman–Crippen LogP) is 15.1. The normalized spacial score (nSPS) is 12.4. The molecule has 10 aromatic rings. The largest absolute Gasteiger partial charge is 0.228 e. The second kappa shape index (κ2) is 14.7. The molecular formula is C57H38N2. The molecule has 0 saturated heterocycles. The van der Waals surface area contributed by atoms with Crippen molar-refractivity contribution in [1.29, 1.82) is 0 Å². The minimum absolute atomic E-state index is 0.703. The predicted molar refractivity (Wildman–Crippen MR) is 249 cm³/mol. The van der Waals surface area contributed by atoms with E-state index in [1.165, 1.54) is 71.4 Å². The van der Waals surface area contributed by atoms with E-state index in [-0.39, 0.29) is 0 Å². The Hall–Kier alpha value is -7.68. The van der Waals surface area contributed by atoms with Crippen LogP contribution in [0.3, 0.4) is 0 Å². The van der Waals surface area contributed by atoms with Crippen molar-refractivity contribution >= 4 is 44.0 Å². The van der Waals surface area contributed by atoms with Crippen LogP contribution in [-0.4, -0.2) is 9.97 Å². The fourth-order valence-corrected chi connectivity index (χ4v) is 9.09. The van der Waals surface area contributed by atoms with E-state index in [0.29, 0.717) is 5.82 Å². The maximum absolute atomic E-state index is 5.35. The molecular weight excluding hydrogens is 713 g/mol. The molecule has 0 fully saturated rings. The molecule has 0 aliphatic heterocycles. The van der Waals surface area contributed by atoms with E-state index in [1.807, 2.05) is 6.07 Å². The molecule has 9 aromatic carbocycles. The zero-order valence-electron chi connectivity index (χ0n) is 32.4. The Labute approximate surface area is 344 Å². The van der Waals surface area contributed by atoms with Gasteiger partial charge in [-0.25, -0.2) is 9.97 Å². The topological polar surface area (TPSA) is 25.8 Å². The Bertz CT molecular complexity index is 3210. The molecule has 0 bridgehead atoms. The Morgan fingerprint density at radius 3 is 1.44 bits per heavy atom. The van der Waals surface area contributed by atoms with Crippen LogP contribution >= 0.6 is 0 Å². The van der Waals surface area contributed by atoms with E-state index in [9.17, 15) is 0 Å². The van der Waals surface area contributed by atoms with Crippen LogP contribution in [-0.2, 0) is 0 Å². The smallest absolute Gasteiger partial charge is 0.160 e. The maximum atomic E-state index is 5.35. The van der Waals surface area contributed by atoms with E-state index in [2.05, 4.69) is 212 Å². The second-order valence-electron chi connectivity index (χ2n) is 15.1. The van der Waals surface area contributed by atoms with Gasteiger partial charge in [-0.2, -0.15) is 0 Å². The molecule has 0 atom stereocenters. The van der Waals surface area contributed by atoms with Crippen molar-refractivity contribution in [3.63, 3.8) is 0 Å². The summed E-state index contributed by atoms with van der Waals surface area (Å²) < 4.78 is 0. The summed E-state index contributed by atoms with van der Waals surface area (Å²) >= 11 is 0. The molecule has 0 saturated carbocycles. The lowest BCUT2D eigenvalue weighted by atomic mass is 9.84. The van der Waals surface area contributed by atoms with Gasteiger partial charge in [-0.1, -0.05) is 212 Å². The van der Waals surface area contributed by atoms with Crippen molar-refractivity contribution in [1.82, 2.24) is 9.97 Å². The number of hydrogen-bond donors (Lipinski definition) is 0. The SMILES string of the molecule is C1=Cc2c(cccc2-c2cc(-c3ccc(-c4c5ccccc5c(-c5ccccc5)c5ccccc45)c4ccccc34)nc(-c3ccccc3)n2)C(c2ccccc2)=CC1. The summed E-state index contributed by atoms with van der Waals surface area (Å²) in [6, 6.07) is 71.8. The van der Waals surface area contributed by atoms with Crippen molar-refractivity contribution in [2.75, 3.05) is 0 Å². The lowest BCUT2D eigenvalue weighted by molar-refractivity contribution is 1.18. The van der Waals surface area contributed by atoms with Crippen LogP contribution in [0, 0.1) is 0 Å². The highest BCUT2D eigenvalue weighted by Gasteiger charge is 2.21. The van der Waals surface area contributed by atoms with Crippen LogP contribution in [0.15, 0.2) is 212 Å². The summed E-state index contributed by atoms with van der Waals surface area (Å²) in [6.07, 6.45) is 7.71. The van der Waals surface area contributed by atoms with E-state index in [0.717, 1.165) is 39.9 Å². The van der Waals surface area contributed by atoms with Crippen molar-refractivity contribution in [3.8, 4) is 56.2 Å². The van der Waals surface area contributed by atoms with Crippen LogP contribution in [0.1, 0.15) is 23.1 Å². The van der Waals surface area contributed by atoms with E-state index in [4.69, 9.17) is 9.97 Å². The molecule has 276 valence electrons. The third-order valence-corrected chi connectivity index (χ3v) is 11.7. The molecule has 2 nitrogen and oxygen atoms in total. The number of fused-ring (bicyclic) bond motifs is 4. The summed E-state index contributed by atoms with van der Waals surface area (Å²) in [5.41, 5.74) is 14.7. The Morgan fingerprint density at radius 2 is 0.814 bits per heavy atom. The number of rotatable bonds is 6. The molecule has 2 heteroatoms. The molecule has 11 rings (SSSR count). The Balaban J connectivity index is 1.14. The molecule has 1 heterocycles. The summed E-state index contributed by atoms with van der Waals surface area (Å²) in [6.45, 7) is 0. The molecule has 0 unspecified atom stereocenters. The van der Waals surface area contributed by atoms with Gasteiger partial charge in [0.1, 0.15) is 0 Å². The van der Waals surface area contributed by atoms with Crippen molar-refractivity contribution in [3.05, 3.63) is 229 Å². The highest BCUT2D eigenvalue weighted by atomic mass is 14.9. The van der Waals surface area contributed by atoms with Gasteiger partial charge in [-0.05, 0) is 89.3 Å². The highest BCUT2D eigenvalue weighted by molar-refractivity contribution is 6.24. The number of nitrogens with zero attached hydrogens (tertiary/aromatic N) is 2. The number of aromatic nitrogens is 2. The molecule has 1 aliphatic carbocycles.